The monoisotopic (exact) mass is 450 g/mol. The van der Waals surface area contributed by atoms with Gasteiger partial charge in [-0.25, -0.2) is 4.39 Å². The molecule has 2 aromatic carbocycles. The maximum atomic E-state index is 13.7. The molecule has 3 nitrogen and oxygen atoms in total. The van der Waals surface area contributed by atoms with E-state index in [0.29, 0.717) is 22.6 Å². The molecule has 0 amide bonds. The highest BCUT2D eigenvalue weighted by atomic mass is 19.1. The number of aryl methyl sites for hydroxylation is 2. The first kappa shape index (κ1) is 27.6. The minimum absolute atomic E-state index is 0.133. The number of methoxy groups -OCH3 is 2. The average molecular weight is 451 g/mol. The van der Waals surface area contributed by atoms with Crippen molar-refractivity contribution in [2.24, 2.45) is 0 Å². The Labute approximate surface area is 197 Å². The molecule has 0 unspecified atom stereocenters. The van der Waals surface area contributed by atoms with E-state index in [1.165, 1.54) is 24.6 Å². The minimum atomic E-state index is -0.579. The first-order valence-corrected chi connectivity index (χ1v) is 10.8. The maximum Gasteiger partial charge on any atom is 0.156 e. The SMILES string of the molecule is C=C/C=C(/C/C(C(C)=O)=C(\C)c1c(C)cc(OC)cc1OC)C(=C)F.CCc1ccccc1. The van der Waals surface area contributed by atoms with E-state index in [0.717, 1.165) is 23.1 Å². The lowest BCUT2D eigenvalue weighted by Gasteiger charge is -2.17. The van der Waals surface area contributed by atoms with Crippen LogP contribution in [0.15, 0.2) is 84.7 Å². The van der Waals surface area contributed by atoms with Crippen molar-refractivity contribution in [1.29, 1.82) is 0 Å². The van der Waals surface area contributed by atoms with Gasteiger partial charge in [0.25, 0.3) is 0 Å². The van der Waals surface area contributed by atoms with E-state index >= 15 is 0 Å². The van der Waals surface area contributed by atoms with E-state index in [-0.39, 0.29) is 12.2 Å². The summed E-state index contributed by atoms with van der Waals surface area (Å²) < 4.78 is 24.4. The number of rotatable bonds is 9. The zero-order valence-electron chi connectivity index (χ0n) is 20.6. The molecular weight excluding hydrogens is 415 g/mol. The average Bonchev–Trinajstić information content (AvgIpc) is 2.81. The minimum Gasteiger partial charge on any atom is -0.497 e. The van der Waals surface area contributed by atoms with Gasteiger partial charge in [0.05, 0.1) is 14.2 Å². The van der Waals surface area contributed by atoms with E-state index in [1.54, 1.807) is 20.3 Å². The fraction of sp³-hybridized carbons (Fsp3) is 0.276. The van der Waals surface area contributed by atoms with E-state index < -0.39 is 5.83 Å². The Morgan fingerprint density at radius 3 is 2.15 bits per heavy atom. The van der Waals surface area contributed by atoms with Crippen LogP contribution < -0.4 is 9.47 Å². The summed E-state index contributed by atoms with van der Waals surface area (Å²) in [4.78, 5) is 12.2. The van der Waals surface area contributed by atoms with Crippen molar-refractivity contribution in [3.8, 4) is 11.5 Å². The molecule has 0 bridgehead atoms. The molecule has 0 aliphatic rings. The summed E-state index contributed by atoms with van der Waals surface area (Å²) >= 11 is 0. The number of hydrogen-bond donors (Lipinski definition) is 0. The molecule has 0 heterocycles. The van der Waals surface area contributed by atoms with Gasteiger partial charge < -0.3 is 9.47 Å². The van der Waals surface area contributed by atoms with Gasteiger partial charge in [0, 0.05) is 23.6 Å². The summed E-state index contributed by atoms with van der Waals surface area (Å²) in [5.41, 5.74) is 4.67. The molecule has 0 radical (unpaired) electrons. The van der Waals surface area contributed by atoms with Gasteiger partial charge in [-0.05, 0) is 55.5 Å². The van der Waals surface area contributed by atoms with Crippen LogP contribution in [0.25, 0.3) is 5.57 Å². The molecule has 2 rings (SSSR count). The number of halogens is 1. The fourth-order valence-electron chi connectivity index (χ4n) is 3.45. The zero-order chi connectivity index (χ0) is 25.0. The van der Waals surface area contributed by atoms with Crippen molar-refractivity contribution in [3.63, 3.8) is 0 Å². The summed E-state index contributed by atoms with van der Waals surface area (Å²) in [6, 6.07) is 14.1. The first-order chi connectivity index (χ1) is 15.7. The van der Waals surface area contributed by atoms with Gasteiger partial charge in [-0.15, -0.1) is 0 Å². The number of carbonyl (C=O) groups excluding carboxylic acids is 1. The Morgan fingerprint density at radius 2 is 1.73 bits per heavy atom. The second kappa shape index (κ2) is 13.9. The van der Waals surface area contributed by atoms with E-state index in [2.05, 4.69) is 44.3 Å². The van der Waals surface area contributed by atoms with Gasteiger partial charge in [-0.1, -0.05) is 62.6 Å². The van der Waals surface area contributed by atoms with Crippen molar-refractivity contribution in [2.45, 2.75) is 40.5 Å². The lowest BCUT2D eigenvalue weighted by Crippen LogP contribution is -2.05. The summed E-state index contributed by atoms with van der Waals surface area (Å²) in [5, 5.41) is 0. The van der Waals surface area contributed by atoms with Crippen LogP contribution in [0.5, 0.6) is 11.5 Å². The number of benzene rings is 2. The largest absolute Gasteiger partial charge is 0.497 e. The highest BCUT2D eigenvalue weighted by Crippen LogP contribution is 2.36. The summed E-state index contributed by atoms with van der Waals surface area (Å²) in [7, 11) is 3.14. The Hall–Kier alpha value is -3.40. The fourth-order valence-corrected chi connectivity index (χ4v) is 3.45. The van der Waals surface area contributed by atoms with E-state index in [9.17, 15) is 9.18 Å². The third kappa shape index (κ3) is 8.23. The van der Waals surface area contributed by atoms with Gasteiger partial charge >= 0.3 is 0 Å². The van der Waals surface area contributed by atoms with Gasteiger partial charge in [0.1, 0.15) is 17.3 Å². The molecule has 0 N–H and O–H groups in total. The van der Waals surface area contributed by atoms with Crippen LogP contribution in [-0.2, 0) is 11.2 Å². The molecule has 0 aliphatic carbocycles. The van der Waals surface area contributed by atoms with Crippen molar-refractivity contribution < 1.29 is 18.7 Å². The molecule has 4 heteroatoms. The molecular formula is C29H35FO3. The molecule has 33 heavy (non-hydrogen) atoms. The van der Waals surface area contributed by atoms with Crippen LogP contribution in [0.2, 0.25) is 0 Å². The molecule has 0 aromatic heterocycles. The molecule has 0 aliphatic heterocycles. The Kier molecular flexibility index (Phi) is 11.6. The van der Waals surface area contributed by atoms with Crippen LogP contribution in [0, 0.1) is 6.92 Å². The molecule has 0 spiro atoms. The standard InChI is InChI=1S/C21H25FO3.C8H10/c1-8-9-17(15(4)22)11-19(16(5)23)14(3)21-13(2)10-18(24-6)12-20(21)25-7;1-2-8-6-4-3-5-7-8/h8-10,12H,1,4,11H2,2-3,5-7H3;3-7H,2H2,1H3/b17-9-,19-14-;. The smallest absolute Gasteiger partial charge is 0.156 e. The highest BCUT2D eigenvalue weighted by molar-refractivity contribution is 6.02. The van der Waals surface area contributed by atoms with Crippen molar-refractivity contribution in [1.82, 2.24) is 0 Å². The van der Waals surface area contributed by atoms with Gasteiger partial charge in [0.2, 0.25) is 0 Å². The van der Waals surface area contributed by atoms with E-state index in [4.69, 9.17) is 9.47 Å². The Morgan fingerprint density at radius 1 is 1.09 bits per heavy atom. The first-order valence-electron chi connectivity index (χ1n) is 10.8. The number of hydrogen-bond acceptors (Lipinski definition) is 3. The lowest BCUT2D eigenvalue weighted by molar-refractivity contribution is -0.113. The molecule has 2 aromatic rings. The topological polar surface area (TPSA) is 35.5 Å². The van der Waals surface area contributed by atoms with Crippen LogP contribution in [-0.4, -0.2) is 20.0 Å². The highest BCUT2D eigenvalue weighted by Gasteiger charge is 2.18. The number of Topliss-reactive ketones (excluding diaryl/α,β-unsaturated/α-hetero) is 1. The normalized spacial score (nSPS) is 11.5. The third-order valence-electron chi connectivity index (χ3n) is 5.27. The Balaban J connectivity index is 0.000000568. The van der Waals surface area contributed by atoms with Gasteiger partial charge in [-0.2, -0.15) is 0 Å². The van der Waals surface area contributed by atoms with Crippen molar-refractivity contribution >= 4 is 11.4 Å². The third-order valence-corrected chi connectivity index (χ3v) is 5.27. The molecule has 0 fully saturated rings. The van der Waals surface area contributed by atoms with Crippen LogP contribution in [0.3, 0.4) is 0 Å². The lowest BCUT2D eigenvalue weighted by atomic mass is 9.90. The maximum absolute atomic E-state index is 13.7. The Bertz CT molecular complexity index is 1030. The van der Waals surface area contributed by atoms with Crippen molar-refractivity contribution in [2.75, 3.05) is 14.2 Å². The molecule has 0 atom stereocenters. The number of allylic oxidation sites excluding steroid dienone is 6. The second-order valence-electron chi connectivity index (χ2n) is 7.53. The predicted octanol–water partition coefficient (Wildman–Crippen LogP) is 7.61. The number of carbonyl (C=O) groups is 1. The van der Waals surface area contributed by atoms with E-state index in [1.807, 2.05) is 26.0 Å². The summed E-state index contributed by atoms with van der Waals surface area (Å²) in [5.74, 6) is 0.553. The molecule has 0 saturated heterocycles. The van der Waals surface area contributed by atoms with Gasteiger partial charge in [-0.3, -0.25) is 4.79 Å². The van der Waals surface area contributed by atoms with Crippen molar-refractivity contribution in [3.05, 3.63) is 101 Å². The second-order valence-corrected chi connectivity index (χ2v) is 7.53. The number of ether oxygens (including phenoxy) is 2. The molecule has 176 valence electrons. The zero-order valence-corrected chi connectivity index (χ0v) is 20.6. The molecule has 0 saturated carbocycles. The van der Waals surface area contributed by atoms with Crippen LogP contribution in [0.4, 0.5) is 4.39 Å². The van der Waals surface area contributed by atoms with Crippen LogP contribution >= 0.6 is 0 Å². The van der Waals surface area contributed by atoms with Crippen LogP contribution in [0.1, 0.15) is 43.9 Å². The number of ketones is 1. The summed E-state index contributed by atoms with van der Waals surface area (Å²) in [6.45, 7) is 14.3. The predicted molar refractivity (Wildman–Crippen MR) is 137 cm³/mol. The quantitative estimate of drug-likeness (QED) is 0.291. The summed E-state index contributed by atoms with van der Waals surface area (Å²) in [6.07, 6.45) is 4.28. The van der Waals surface area contributed by atoms with Gasteiger partial charge in [0.15, 0.2) is 5.78 Å².